The molecule has 1 radical (unpaired) electrons. The van der Waals surface area contributed by atoms with Crippen LogP contribution in [0.2, 0.25) is 0 Å². The second-order valence-corrected chi connectivity index (χ2v) is 3.58. The number of rotatable bonds is 1. The van der Waals surface area contributed by atoms with Crippen molar-refractivity contribution in [3.8, 4) is 0 Å². The van der Waals surface area contributed by atoms with Crippen molar-refractivity contribution in [1.82, 2.24) is 5.32 Å². The quantitative estimate of drug-likeness (QED) is 0.334. The molecule has 0 aromatic heterocycles. The van der Waals surface area contributed by atoms with Crippen LogP contribution < -0.4 is 5.32 Å². The first kappa shape index (κ1) is 12.5. The molecular formula is C10H3F5NO2. The van der Waals surface area contributed by atoms with Gasteiger partial charge in [0.15, 0.2) is 23.3 Å². The number of hydrogen-bond acceptors (Lipinski definition) is 2. The Bertz CT molecular complexity index is 543. The third-order valence-corrected chi connectivity index (χ3v) is 2.50. The summed E-state index contributed by atoms with van der Waals surface area (Å²) in [6, 6.07) is 0. The highest BCUT2D eigenvalue weighted by molar-refractivity contribution is 6.05. The Morgan fingerprint density at radius 1 is 0.833 bits per heavy atom. The first-order valence-corrected chi connectivity index (χ1v) is 4.64. The van der Waals surface area contributed by atoms with Crippen LogP contribution in [0.15, 0.2) is 0 Å². The molecule has 1 aliphatic heterocycles. The Morgan fingerprint density at radius 2 is 1.28 bits per heavy atom. The Hall–Kier alpha value is -1.99. The van der Waals surface area contributed by atoms with E-state index in [1.165, 1.54) is 0 Å². The SMILES string of the molecule is O=C1CC(c2c(F)c(F)c(F)c(F)c2F)C(=O)[N]1. The highest BCUT2D eigenvalue weighted by atomic mass is 19.2. The van der Waals surface area contributed by atoms with E-state index in [-0.39, 0.29) is 0 Å². The van der Waals surface area contributed by atoms with Crippen LogP contribution in [0.4, 0.5) is 22.0 Å². The van der Waals surface area contributed by atoms with Crippen LogP contribution in [0, 0.1) is 29.1 Å². The molecule has 3 nitrogen and oxygen atoms in total. The van der Waals surface area contributed by atoms with Gasteiger partial charge in [-0.25, -0.2) is 22.0 Å². The largest absolute Gasteiger partial charge is 0.272 e. The fourth-order valence-electron chi connectivity index (χ4n) is 1.66. The average Bonchev–Trinajstić information content (AvgIpc) is 2.64. The second kappa shape index (κ2) is 4.04. The Balaban J connectivity index is 2.65. The van der Waals surface area contributed by atoms with Crippen molar-refractivity contribution in [2.24, 2.45) is 0 Å². The molecule has 1 aromatic carbocycles. The van der Waals surface area contributed by atoms with Crippen LogP contribution in [-0.2, 0) is 9.59 Å². The first-order valence-electron chi connectivity index (χ1n) is 4.64. The Morgan fingerprint density at radius 3 is 1.67 bits per heavy atom. The van der Waals surface area contributed by atoms with Gasteiger partial charge in [0.2, 0.25) is 11.7 Å². The minimum Gasteiger partial charge on any atom is -0.272 e. The summed E-state index contributed by atoms with van der Waals surface area (Å²) < 4.78 is 65.2. The van der Waals surface area contributed by atoms with E-state index in [1.54, 1.807) is 0 Å². The molecule has 18 heavy (non-hydrogen) atoms. The van der Waals surface area contributed by atoms with Crippen molar-refractivity contribution in [3.63, 3.8) is 0 Å². The molecule has 0 saturated carbocycles. The van der Waals surface area contributed by atoms with E-state index >= 15 is 0 Å². The minimum atomic E-state index is -2.32. The predicted molar refractivity (Wildman–Crippen MR) is 45.7 cm³/mol. The zero-order valence-corrected chi connectivity index (χ0v) is 8.44. The average molecular weight is 264 g/mol. The summed E-state index contributed by atoms with van der Waals surface area (Å²) in [7, 11) is 0. The first-order chi connectivity index (χ1) is 8.34. The zero-order chi connectivity index (χ0) is 13.6. The van der Waals surface area contributed by atoms with Gasteiger partial charge in [-0.05, 0) is 0 Å². The topological polar surface area (TPSA) is 48.2 Å². The van der Waals surface area contributed by atoms with Crippen LogP contribution in [0.5, 0.6) is 0 Å². The van der Waals surface area contributed by atoms with Crippen molar-refractivity contribution in [2.45, 2.75) is 12.3 Å². The molecule has 1 saturated heterocycles. The maximum atomic E-state index is 13.3. The number of carbonyl (C=O) groups is 2. The molecule has 8 heteroatoms. The fraction of sp³-hybridized carbons (Fsp3) is 0.200. The van der Waals surface area contributed by atoms with E-state index < -0.39 is 58.8 Å². The van der Waals surface area contributed by atoms with Gasteiger partial charge in [0.1, 0.15) is 0 Å². The molecule has 1 atom stereocenters. The summed E-state index contributed by atoms with van der Waals surface area (Å²) in [5.41, 5.74) is -1.31. The van der Waals surface area contributed by atoms with E-state index in [0.717, 1.165) is 0 Å². The lowest BCUT2D eigenvalue weighted by Crippen LogP contribution is -2.17. The van der Waals surface area contributed by atoms with E-state index in [4.69, 9.17) is 0 Å². The van der Waals surface area contributed by atoms with E-state index in [1.807, 2.05) is 0 Å². The van der Waals surface area contributed by atoms with Crippen molar-refractivity contribution < 1.29 is 31.5 Å². The molecule has 1 aliphatic rings. The van der Waals surface area contributed by atoms with Gasteiger partial charge in [0, 0.05) is 12.0 Å². The molecule has 1 unspecified atom stereocenters. The molecular weight excluding hydrogens is 261 g/mol. The zero-order valence-electron chi connectivity index (χ0n) is 8.44. The lowest BCUT2D eigenvalue weighted by molar-refractivity contribution is -0.125. The van der Waals surface area contributed by atoms with Crippen molar-refractivity contribution in [3.05, 3.63) is 34.6 Å². The summed E-state index contributed by atoms with van der Waals surface area (Å²) in [5, 5.41) is 2.86. The maximum absolute atomic E-state index is 13.3. The monoisotopic (exact) mass is 264 g/mol. The van der Waals surface area contributed by atoms with Crippen LogP contribution in [0.1, 0.15) is 17.9 Å². The molecule has 2 rings (SSSR count). The van der Waals surface area contributed by atoms with Crippen LogP contribution in [-0.4, -0.2) is 11.8 Å². The number of benzene rings is 1. The van der Waals surface area contributed by atoms with Crippen molar-refractivity contribution >= 4 is 11.8 Å². The molecule has 1 heterocycles. The number of carbonyl (C=O) groups excluding carboxylic acids is 2. The molecule has 95 valence electrons. The molecule has 0 bridgehead atoms. The number of hydrogen-bond donors (Lipinski definition) is 0. The molecule has 1 aromatic rings. The second-order valence-electron chi connectivity index (χ2n) is 3.58. The molecule has 0 spiro atoms. The van der Waals surface area contributed by atoms with Gasteiger partial charge in [-0.1, -0.05) is 0 Å². The Kier molecular flexibility index (Phi) is 2.80. The predicted octanol–water partition coefficient (Wildman–Crippen LogP) is 1.53. The van der Waals surface area contributed by atoms with Gasteiger partial charge in [-0.15, -0.1) is 0 Å². The molecule has 0 aliphatic carbocycles. The summed E-state index contributed by atoms with van der Waals surface area (Å²) in [4.78, 5) is 21.9. The third kappa shape index (κ3) is 1.64. The van der Waals surface area contributed by atoms with Crippen LogP contribution in [0.3, 0.4) is 0 Å². The molecule has 0 N–H and O–H groups in total. The Labute approximate surface area is 96.6 Å². The van der Waals surface area contributed by atoms with E-state index in [9.17, 15) is 31.5 Å². The summed E-state index contributed by atoms with van der Waals surface area (Å²) >= 11 is 0. The standard InChI is InChI=1S/C10H3F5NO2/c11-5-4(2-1-3(17)16-10(2)18)6(12)8(14)9(15)7(5)13/h2H,1H2. The van der Waals surface area contributed by atoms with Crippen molar-refractivity contribution in [1.29, 1.82) is 0 Å². The van der Waals surface area contributed by atoms with Crippen molar-refractivity contribution in [2.75, 3.05) is 0 Å². The summed E-state index contributed by atoms with van der Waals surface area (Å²) in [6.07, 6.45) is -0.711. The molecule has 1 fully saturated rings. The molecule has 2 amide bonds. The normalized spacial score (nSPS) is 19.3. The van der Waals surface area contributed by atoms with Gasteiger partial charge in [-0.2, -0.15) is 5.32 Å². The maximum Gasteiger partial charge on any atom is 0.257 e. The highest BCUT2D eigenvalue weighted by Crippen LogP contribution is 2.33. The fourth-order valence-corrected chi connectivity index (χ4v) is 1.66. The number of imide groups is 1. The number of halogens is 5. The van der Waals surface area contributed by atoms with E-state index in [0.29, 0.717) is 0 Å². The summed E-state index contributed by atoms with van der Waals surface area (Å²) in [5.74, 6) is -14.8. The van der Waals surface area contributed by atoms with Gasteiger partial charge < -0.3 is 0 Å². The lowest BCUT2D eigenvalue weighted by Gasteiger charge is -2.10. The third-order valence-electron chi connectivity index (χ3n) is 2.50. The minimum absolute atomic E-state index is 0.711. The van der Waals surface area contributed by atoms with Gasteiger partial charge >= 0.3 is 0 Å². The van der Waals surface area contributed by atoms with E-state index in [2.05, 4.69) is 5.32 Å². The highest BCUT2D eigenvalue weighted by Gasteiger charge is 2.40. The number of amides is 2. The van der Waals surface area contributed by atoms with Gasteiger partial charge in [0.25, 0.3) is 5.91 Å². The lowest BCUT2D eigenvalue weighted by atomic mass is 9.95. The van der Waals surface area contributed by atoms with Crippen LogP contribution >= 0.6 is 0 Å². The smallest absolute Gasteiger partial charge is 0.257 e. The van der Waals surface area contributed by atoms with Gasteiger partial charge in [0.05, 0.1) is 5.92 Å². The van der Waals surface area contributed by atoms with Gasteiger partial charge in [-0.3, -0.25) is 9.59 Å². The summed E-state index contributed by atoms with van der Waals surface area (Å²) in [6.45, 7) is 0. The number of nitrogens with zero attached hydrogens (tertiary/aromatic N) is 1. The van der Waals surface area contributed by atoms with Crippen LogP contribution in [0.25, 0.3) is 0 Å².